The van der Waals surface area contributed by atoms with E-state index < -0.39 is 5.54 Å². The molecule has 1 aromatic heterocycles. The van der Waals surface area contributed by atoms with Crippen LogP contribution in [0.1, 0.15) is 55.5 Å². The standard InChI is InChI=1S/C14H23N3OS/c1-9-5-4-6-14(15,7-9)13(18)17-11(3)12-16-8-10(2)19-12/h8-9,11H,4-7,15H2,1-3H3,(H,17,18). The van der Waals surface area contributed by atoms with Gasteiger partial charge in [-0.15, -0.1) is 11.3 Å². The molecule has 1 fully saturated rings. The summed E-state index contributed by atoms with van der Waals surface area (Å²) < 4.78 is 0. The summed E-state index contributed by atoms with van der Waals surface area (Å²) in [5.41, 5.74) is 5.60. The topological polar surface area (TPSA) is 68.0 Å². The van der Waals surface area contributed by atoms with E-state index in [1.807, 2.05) is 20.0 Å². The lowest BCUT2D eigenvalue weighted by molar-refractivity contribution is -0.128. The van der Waals surface area contributed by atoms with E-state index in [1.165, 1.54) is 6.42 Å². The van der Waals surface area contributed by atoms with Gasteiger partial charge in [0.25, 0.3) is 0 Å². The Morgan fingerprint density at radius 2 is 2.42 bits per heavy atom. The number of aromatic nitrogens is 1. The Morgan fingerprint density at radius 3 is 3.00 bits per heavy atom. The number of amides is 1. The number of nitrogens with one attached hydrogen (secondary N) is 1. The first-order valence-electron chi connectivity index (χ1n) is 6.93. The second-order valence-corrected chi connectivity index (χ2v) is 7.13. The Morgan fingerprint density at radius 1 is 1.68 bits per heavy atom. The summed E-state index contributed by atoms with van der Waals surface area (Å²) in [6.07, 6.45) is 5.61. The van der Waals surface area contributed by atoms with Gasteiger partial charge in [0, 0.05) is 11.1 Å². The van der Waals surface area contributed by atoms with Gasteiger partial charge in [-0.05, 0) is 32.6 Å². The van der Waals surface area contributed by atoms with E-state index in [-0.39, 0.29) is 11.9 Å². The fourth-order valence-corrected chi connectivity index (χ4v) is 3.55. The van der Waals surface area contributed by atoms with Gasteiger partial charge in [-0.2, -0.15) is 0 Å². The van der Waals surface area contributed by atoms with E-state index in [1.54, 1.807) is 11.3 Å². The summed E-state index contributed by atoms with van der Waals surface area (Å²) in [4.78, 5) is 17.9. The number of thiazole rings is 1. The molecule has 0 aliphatic heterocycles. The summed E-state index contributed by atoms with van der Waals surface area (Å²) in [7, 11) is 0. The zero-order chi connectivity index (χ0) is 14.0. The summed E-state index contributed by atoms with van der Waals surface area (Å²) >= 11 is 1.62. The first kappa shape index (κ1) is 14.5. The Kier molecular flexibility index (Phi) is 4.26. The van der Waals surface area contributed by atoms with Gasteiger partial charge >= 0.3 is 0 Å². The highest BCUT2D eigenvalue weighted by molar-refractivity contribution is 7.11. The van der Waals surface area contributed by atoms with Gasteiger partial charge < -0.3 is 11.1 Å². The summed E-state index contributed by atoms with van der Waals surface area (Å²) in [5.74, 6) is 0.501. The Labute approximate surface area is 118 Å². The van der Waals surface area contributed by atoms with Crippen LogP contribution >= 0.6 is 11.3 Å². The number of hydrogen-bond acceptors (Lipinski definition) is 4. The number of hydrogen-bond donors (Lipinski definition) is 2. The van der Waals surface area contributed by atoms with Crippen molar-refractivity contribution in [3.05, 3.63) is 16.1 Å². The molecule has 0 aromatic carbocycles. The highest BCUT2D eigenvalue weighted by Crippen LogP contribution is 2.31. The molecule has 3 atom stereocenters. The molecule has 0 bridgehead atoms. The van der Waals surface area contributed by atoms with E-state index in [2.05, 4.69) is 17.2 Å². The summed E-state index contributed by atoms with van der Waals surface area (Å²) in [5, 5.41) is 3.97. The minimum absolute atomic E-state index is 0.0283. The van der Waals surface area contributed by atoms with E-state index in [4.69, 9.17) is 5.73 Å². The maximum Gasteiger partial charge on any atom is 0.240 e. The highest BCUT2D eigenvalue weighted by atomic mass is 32.1. The highest BCUT2D eigenvalue weighted by Gasteiger charge is 2.38. The summed E-state index contributed by atoms with van der Waals surface area (Å²) in [6.45, 7) is 6.15. The van der Waals surface area contributed by atoms with E-state index in [0.717, 1.165) is 29.1 Å². The van der Waals surface area contributed by atoms with Crippen molar-refractivity contribution in [2.75, 3.05) is 0 Å². The van der Waals surface area contributed by atoms with Crippen LogP contribution in [-0.2, 0) is 4.79 Å². The zero-order valence-corrected chi connectivity index (χ0v) is 12.7. The third kappa shape index (κ3) is 3.34. The minimum atomic E-state index is -0.696. The van der Waals surface area contributed by atoms with Crippen molar-refractivity contribution in [2.24, 2.45) is 11.7 Å². The number of nitrogens with zero attached hydrogens (tertiary/aromatic N) is 1. The molecule has 0 spiro atoms. The second-order valence-electron chi connectivity index (χ2n) is 5.86. The van der Waals surface area contributed by atoms with Gasteiger partial charge in [0.1, 0.15) is 5.01 Å². The van der Waals surface area contributed by atoms with Crippen molar-refractivity contribution in [1.82, 2.24) is 10.3 Å². The second kappa shape index (κ2) is 5.59. The van der Waals surface area contributed by atoms with Gasteiger partial charge in [-0.1, -0.05) is 19.8 Å². The number of carbonyl (C=O) groups is 1. The Bertz CT molecular complexity index is 459. The molecular weight excluding hydrogens is 258 g/mol. The first-order valence-corrected chi connectivity index (χ1v) is 7.74. The maximum atomic E-state index is 12.4. The molecule has 1 aliphatic carbocycles. The number of carbonyl (C=O) groups excluding carboxylic acids is 1. The molecule has 1 aliphatic rings. The molecule has 3 N–H and O–H groups in total. The number of nitrogens with two attached hydrogens (primary N) is 1. The quantitative estimate of drug-likeness (QED) is 0.894. The lowest BCUT2D eigenvalue weighted by Crippen LogP contribution is -2.56. The number of aryl methyl sites for hydroxylation is 1. The fourth-order valence-electron chi connectivity index (χ4n) is 2.77. The molecule has 2 rings (SSSR count). The molecule has 5 heteroatoms. The van der Waals surface area contributed by atoms with Gasteiger partial charge in [0.2, 0.25) is 5.91 Å². The van der Waals surface area contributed by atoms with Crippen molar-refractivity contribution in [2.45, 2.75) is 58.0 Å². The van der Waals surface area contributed by atoms with Crippen LogP contribution in [0.4, 0.5) is 0 Å². The predicted molar refractivity (Wildman–Crippen MR) is 78.0 cm³/mol. The lowest BCUT2D eigenvalue weighted by Gasteiger charge is -2.36. The van der Waals surface area contributed by atoms with E-state index in [0.29, 0.717) is 5.92 Å². The van der Waals surface area contributed by atoms with Crippen LogP contribution in [0.2, 0.25) is 0 Å². The molecule has 1 amide bonds. The van der Waals surface area contributed by atoms with Crippen LogP contribution in [0.25, 0.3) is 0 Å². The Hall–Kier alpha value is -0.940. The molecule has 4 nitrogen and oxygen atoms in total. The molecule has 1 aromatic rings. The smallest absolute Gasteiger partial charge is 0.240 e. The van der Waals surface area contributed by atoms with Gasteiger partial charge in [-0.25, -0.2) is 4.98 Å². The van der Waals surface area contributed by atoms with Crippen LogP contribution in [0, 0.1) is 12.8 Å². The molecule has 1 heterocycles. The molecule has 0 saturated heterocycles. The third-order valence-electron chi connectivity index (χ3n) is 3.84. The van der Waals surface area contributed by atoms with Crippen LogP contribution in [-0.4, -0.2) is 16.4 Å². The van der Waals surface area contributed by atoms with Crippen molar-refractivity contribution >= 4 is 17.2 Å². The average Bonchev–Trinajstić information content (AvgIpc) is 2.75. The van der Waals surface area contributed by atoms with E-state index in [9.17, 15) is 4.79 Å². The normalized spacial score (nSPS) is 28.9. The van der Waals surface area contributed by atoms with Crippen molar-refractivity contribution in [3.63, 3.8) is 0 Å². The van der Waals surface area contributed by atoms with Crippen LogP contribution in [0.3, 0.4) is 0 Å². The van der Waals surface area contributed by atoms with Crippen molar-refractivity contribution in [3.8, 4) is 0 Å². The summed E-state index contributed by atoms with van der Waals surface area (Å²) in [6, 6.07) is -0.0659. The van der Waals surface area contributed by atoms with Crippen molar-refractivity contribution in [1.29, 1.82) is 0 Å². The molecule has 106 valence electrons. The molecule has 0 radical (unpaired) electrons. The van der Waals surface area contributed by atoms with Gasteiger partial charge in [-0.3, -0.25) is 4.79 Å². The van der Waals surface area contributed by atoms with E-state index >= 15 is 0 Å². The predicted octanol–water partition coefficient (Wildman–Crippen LogP) is 2.54. The minimum Gasteiger partial charge on any atom is -0.346 e. The Balaban J connectivity index is 2.00. The lowest BCUT2D eigenvalue weighted by atomic mass is 9.76. The first-order chi connectivity index (χ1) is 8.90. The van der Waals surface area contributed by atoms with Gasteiger partial charge in [0.05, 0.1) is 11.6 Å². The monoisotopic (exact) mass is 281 g/mol. The van der Waals surface area contributed by atoms with Crippen molar-refractivity contribution < 1.29 is 4.79 Å². The van der Waals surface area contributed by atoms with Crippen LogP contribution in [0.5, 0.6) is 0 Å². The molecule has 19 heavy (non-hydrogen) atoms. The number of rotatable bonds is 3. The maximum absolute atomic E-state index is 12.4. The van der Waals surface area contributed by atoms with Crippen LogP contribution < -0.4 is 11.1 Å². The largest absolute Gasteiger partial charge is 0.346 e. The van der Waals surface area contributed by atoms with Gasteiger partial charge in [0.15, 0.2) is 0 Å². The molecule has 1 saturated carbocycles. The molecule has 3 unspecified atom stereocenters. The SMILES string of the molecule is Cc1cnc(C(C)NC(=O)C2(N)CCCC(C)C2)s1. The average molecular weight is 281 g/mol. The van der Waals surface area contributed by atoms with Crippen LogP contribution in [0.15, 0.2) is 6.20 Å². The zero-order valence-electron chi connectivity index (χ0n) is 11.9. The molecular formula is C14H23N3OS. The fraction of sp³-hybridized carbons (Fsp3) is 0.714. The third-order valence-corrected chi connectivity index (χ3v) is 4.94.